The van der Waals surface area contributed by atoms with E-state index in [2.05, 4.69) is 0 Å². The first-order valence-corrected chi connectivity index (χ1v) is 4.50. The summed E-state index contributed by atoms with van der Waals surface area (Å²) in [6, 6.07) is 0. The van der Waals surface area contributed by atoms with Crippen LogP contribution in [0.1, 0.15) is 0 Å². The van der Waals surface area contributed by atoms with Gasteiger partial charge in [-0.1, -0.05) is 11.8 Å². The molecule has 0 aromatic rings. The van der Waals surface area contributed by atoms with Crippen molar-refractivity contribution < 1.29 is 19.4 Å². The van der Waals surface area contributed by atoms with E-state index in [-0.39, 0.29) is 16.2 Å². The Morgan fingerprint density at radius 3 is 3.00 bits per heavy atom. The fraction of sp³-hybridized carbons (Fsp3) is 0.429. The Balaban J connectivity index is 2.14. The molecule has 0 saturated carbocycles. The molecule has 0 aromatic heterocycles. The minimum atomic E-state index is -0.998. The third-order valence-corrected chi connectivity index (χ3v) is 3.25. The van der Waals surface area contributed by atoms with Gasteiger partial charge in [-0.25, -0.2) is 4.79 Å². The number of nitrogens with zero attached hydrogens (tertiary/aromatic N) is 1. The monoisotopic (exact) mass is 201 g/mol. The van der Waals surface area contributed by atoms with Gasteiger partial charge in [0.1, 0.15) is 10.3 Å². The fourth-order valence-corrected chi connectivity index (χ4v) is 2.49. The summed E-state index contributed by atoms with van der Waals surface area (Å²) in [7, 11) is 1.44. The number of aliphatic carboxylic acids is 1. The molecule has 0 aliphatic carbocycles. The highest BCUT2D eigenvalue weighted by atomic mass is 32.2. The minimum Gasteiger partial charge on any atom is -0.477 e. The molecule has 70 valence electrons. The lowest BCUT2D eigenvalue weighted by atomic mass is 10.1. The first-order chi connectivity index (χ1) is 6.15. The van der Waals surface area contributed by atoms with Gasteiger partial charge in [0.05, 0.1) is 0 Å². The third-order valence-electron chi connectivity index (χ3n) is 2.00. The smallest absolute Gasteiger partial charge is 0.343 e. The Hall–Kier alpha value is -1.01. The Morgan fingerprint density at radius 1 is 1.77 bits per heavy atom. The molecule has 2 heterocycles. The van der Waals surface area contributed by atoms with Crippen molar-refractivity contribution in [3.8, 4) is 0 Å². The zero-order valence-corrected chi connectivity index (χ0v) is 7.58. The average molecular weight is 201 g/mol. The lowest BCUT2D eigenvalue weighted by Crippen LogP contribution is -2.59. The highest BCUT2D eigenvalue weighted by Gasteiger charge is 2.52. The number of ether oxygens (including phenoxy) is 1. The molecule has 13 heavy (non-hydrogen) atoms. The van der Waals surface area contributed by atoms with E-state index in [9.17, 15) is 9.59 Å². The maximum atomic E-state index is 11.2. The number of β-lactam (4-membered cyclic amide) rings is 1. The number of hydrogen-bond donors (Lipinski definition) is 1. The van der Waals surface area contributed by atoms with E-state index >= 15 is 0 Å². The van der Waals surface area contributed by atoms with Gasteiger partial charge in [0.15, 0.2) is 6.10 Å². The van der Waals surface area contributed by atoms with Gasteiger partial charge in [-0.3, -0.25) is 9.69 Å². The maximum Gasteiger partial charge on any atom is 0.343 e. The predicted octanol–water partition coefficient (Wildman–Crippen LogP) is -0.158. The Labute approximate surface area is 78.3 Å². The van der Waals surface area contributed by atoms with Crippen LogP contribution in [-0.2, 0) is 14.3 Å². The molecule has 5 nitrogen and oxygen atoms in total. The molecule has 0 bridgehead atoms. The zero-order valence-electron chi connectivity index (χ0n) is 6.76. The van der Waals surface area contributed by atoms with Gasteiger partial charge in [-0.15, -0.1) is 0 Å². The molecule has 0 aromatic carbocycles. The number of carboxylic acid groups (broad SMARTS) is 1. The second kappa shape index (κ2) is 2.74. The molecule has 6 heteroatoms. The SMILES string of the molecule is COC1C(=O)N2C=C(C(=O)O)S[C@H]12. The number of rotatable bonds is 2. The number of carboxylic acids is 1. The summed E-state index contributed by atoms with van der Waals surface area (Å²) < 4.78 is 4.90. The fourth-order valence-electron chi connectivity index (χ4n) is 1.32. The summed E-state index contributed by atoms with van der Waals surface area (Å²) in [5.41, 5.74) is 0. The van der Waals surface area contributed by atoms with Crippen LogP contribution >= 0.6 is 11.8 Å². The summed E-state index contributed by atoms with van der Waals surface area (Å²) in [4.78, 5) is 23.3. The molecule has 1 unspecified atom stereocenters. The van der Waals surface area contributed by atoms with Crippen LogP contribution in [0.4, 0.5) is 0 Å². The number of amides is 1. The molecular weight excluding hydrogens is 194 g/mol. The van der Waals surface area contributed by atoms with Crippen LogP contribution in [0.3, 0.4) is 0 Å². The van der Waals surface area contributed by atoms with Crippen molar-refractivity contribution in [3.05, 3.63) is 11.1 Å². The van der Waals surface area contributed by atoms with E-state index in [0.717, 1.165) is 11.8 Å². The summed E-state index contributed by atoms with van der Waals surface area (Å²) in [5.74, 6) is -1.17. The van der Waals surface area contributed by atoms with Crippen molar-refractivity contribution in [2.24, 2.45) is 0 Å². The van der Waals surface area contributed by atoms with Crippen LogP contribution in [0, 0.1) is 0 Å². The summed E-state index contributed by atoms with van der Waals surface area (Å²) in [6.45, 7) is 0. The van der Waals surface area contributed by atoms with Gasteiger partial charge in [0.25, 0.3) is 5.91 Å². The largest absolute Gasteiger partial charge is 0.477 e. The highest BCUT2D eigenvalue weighted by molar-refractivity contribution is 8.04. The standard InChI is InChI=1S/C7H7NO4S/c1-12-4-5(9)8-2-3(7(10)11)13-6(4)8/h2,4,6H,1H3,(H,10,11)/t4?,6-/m1/s1. The van der Waals surface area contributed by atoms with Crippen LogP contribution in [0.2, 0.25) is 0 Å². The molecule has 1 saturated heterocycles. The molecule has 0 spiro atoms. The summed E-state index contributed by atoms with van der Waals surface area (Å²) in [5, 5.41) is 8.48. The number of methoxy groups -OCH3 is 1. The van der Waals surface area contributed by atoms with Crippen molar-refractivity contribution >= 4 is 23.6 Å². The number of thioether (sulfide) groups is 1. The molecule has 1 amide bonds. The molecule has 1 fully saturated rings. The van der Waals surface area contributed by atoms with E-state index in [1.54, 1.807) is 0 Å². The molecule has 0 radical (unpaired) electrons. The van der Waals surface area contributed by atoms with Gasteiger partial charge in [0.2, 0.25) is 0 Å². The second-order valence-corrected chi connectivity index (χ2v) is 3.87. The third kappa shape index (κ3) is 1.06. The van der Waals surface area contributed by atoms with Gasteiger partial charge in [0, 0.05) is 13.3 Å². The van der Waals surface area contributed by atoms with Gasteiger partial charge >= 0.3 is 5.97 Å². The predicted molar refractivity (Wildman–Crippen MR) is 44.7 cm³/mol. The molecular formula is C7H7NO4S. The lowest BCUT2D eigenvalue weighted by molar-refractivity contribution is -0.156. The Bertz CT molecular complexity index is 314. The summed E-state index contributed by atoms with van der Waals surface area (Å²) >= 11 is 1.15. The van der Waals surface area contributed by atoms with E-state index in [1.165, 1.54) is 18.2 Å². The van der Waals surface area contributed by atoms with Crippen LogP contribution in [0.25, 0.3) is 0 Å². The van der Waals surface area contributed by atoms with Crippen molar-refractivity contribution in [2.45, 2.75) is 11.5 Å². The van der Waals surface area contributed by atoms with E-state index in [0.29, 0.717) is 0 Å². The number of hydrogen-bond acceptors (Lipinski definition) is 4. The van der Waals surface area contributed by atoms with Crippen molar-refractivity contribution in [3.63, 3.8) is 0 Å². The van der Waals surface area contributed by atoms with Crippen molar-refractivity contribution in [1.82, 2.24) is 4.90 Å². The lowest BCUT2D eigenvalue weighted by Gasteiger charge is -2.39. The number of carbonyl (C=O) groups excluding carboxylic acids is 1. The first kappa shape index (κ1) is 8.58. The van der Waals surface area contributed by atoms with E-state index in [4.69, 9.17) is 9.84 Å². The number of carbonyl (C=O) groups is 2. The zero-order chi connectivity index (χ0) is 9.59. The molecule has 2 aliphatic rings. The number of fused-ring (bicyclic) bond motifs is 1. The maximum absolute atomic E-state index is 11.2. The van der Waals surface area contributed by atoms with Gasteiger partial charge in [-0.05, 0) is 0 Å². The highest BCUT2D eigenvalue weighted by Crippen LogP contribution is 2.42. The van der Waals surface area contributed by atoms with Crippen LogP contribution in [0.5, 0.6) is 0 Å². The molecule has 2 rings (SSSR count). The summed E-state index contributed by atoms with van der Waals surface area (Å²) in [6.07, 6.45) is 0.869. The average Bonchev–Trinajstić information content (AvgIpc) is 2.45. The molecule has 2 aliphatic heterocycles. The van der Waals surface area contributed by atoms with Crippen molar-refractivity contribution in [1.29, 1.82) is 0 Å². The van der Waals surface area contributed by atoms with Crippen LogP contribution in [0.15, 0.2) is 11.1 Å². The molecule has 1 N–H and O–H groups in total. The quantitative estimate of drug-likeness (QED) is 0.629. The van der Waals surface area contributed by atoms with Crippen LogP contribution < -0.4 is 0 Å². The topological polar surface area (TPSA) is 66.8 Å². The molecule has 2 atom stereocenters. The van der Waals surface area contributed by atoms with Gasteiger partial charge < -0.3 is 9.84 Å². The Morgan fingerprint density at radius 2 is 2.46 bits per heavy atom. The Kier molecular flexibility index (Phi) is 1.81. The van der Waals surface area contributed by atoms with Gasteiger partial charge in [-0.2, -0.15) is 0 Å². The van der Waals surface area contributed by atoms with Crippen LogP contribution in [-0.4, -0.2) is 40.5 Å². The first-order valence-electron chi connectivity index (χ1n) is 3.62. The second-order valence-electron chi connectivity index (χ2n) is 2.71. The minimum absolute atomic E-state index is 0.170. The normalized spacial score (nSPS) is 31.0. The van der Waals surface area contributed by atoms with Crippen molar-refractivity contribution in [2.75, 3.05) is 7.11 Å². The van der Waals surface area contributed by atoms with E-state index < -0.39 is 12.1 Å². The van der Waals surface area contributed by atoms with E-state index in [1.807, 2.05) is 0 Å².